The van der Waals surface area contributed by atoms with Gasteiger partial charge in [-0.2, -0.15) is 5.10 Å². The van der Waals surface area contributed by atoms with Crippen LogP contribution in [0.3, 0.4) is 0 Å². The summed E-state index contributed by atoms with van der Waals surface area (Å²) in [6.45, 7) is 5.13. The number of nitrogens with one attached hydrogen (secondary N) is 1. The first-order valence-corrected chi connectivity index (χ1v) is 6.70. The van der Waals surface area contributed by atoms with Crippen molar-refractivity contribution in [1.82, 2.24) is 25.1 Å². The van der Waals surface area contributed by atoms with Crippen molar-refractivity contribution in [2.45, 2.75) is 32.7 Å². The summed E-state index contributed by atoms with van der Waals surface area (Å²) in [5.74, 6) is 0.842. The van der Waals surface area contributed by atoms with Gasteiger partial charge in [-0.1, -0.05) is 6.92 Å². The quantitative estimate of drug-likeness (QED) is 0.859. The Hall–Kier alpha value is -1.75. The smallest absolute Gasteiger partial charge is 0.145 e. The minimum Gasteiger partial charge on any atom is -0.307 e. The van der Waals surface area contributed by atoms with Crippen LogP contribution in [0, 0.1) is 6.92 Å². The van der Waals surface area contributed by atoms with Gasteiger partial charge in [-0.15, -0.1) is 0 Å². The number of aryl methyl sites for hydroxylation is 2. The van der Waals surface area contributed by atoms with E-state index in [1.807, 2.05) is 24.7 Å². The molecular formula is C14H21N5. The predicted molar refractivity (Wildman–Crippen MR) is 74.7 cm³/mol. The Labute approximate surface area is 114 Å². The zero-order chi connectivity index (χ0) is 13.7. The standard InChI is InChI=1S/C14H21N5/c1-4-6-15-13(14-16-7-5-8-17-14)10-12-9-11(2)18-19(12)3/h5,7-9,13,15H,4,6,10H2,1-3H3. The highest BCUT2D eigenvalue weighted by molar-refractivity contribution is 5.12. The van der Waals surface area contributed by atoms with Crippen molar-refractivity contribution in [2.24, 2.45) is 7.05 Å². The average molecular weight is 259 g/mol. The van der Waals surface area contributed by atoms with Crippen LogP contribution in [-0.2, 0) is 13.5 Å². The van der Waals surface area contributed by atoms with E-state index in [0.29, 0.717) is 0 Å². The van der Waals surface area contributed by atoms with Gasteiger partial charge in [0, 0.05) is 31.6 Å². The van der Waals surface area contributed by atoms with Gasteiger partial charge in [0.15, 0.2) is 0 Å². The predicted octanol–water partition coefficient (Wildman–Crippen LogP) is 1.80. The van der Waals surface area contributed by atoms with Crippen LogP contribution in [0.1, 0.15) is 36.6 Å². The molecular weight excluding hydrogens is 238 g/mol. The normalized spacial score (nSPS) is 12.6. The highest BCUT2D eigenvalue weighted by Gasteiger charge is 2.16. The Bertz CT molecular complexity index is 506. The fraction of sp³-hybridized carbons (Fsp3) is 0.500. The van der Waals surface area contributed by atoms with E-state index in [0.717, 1.165) is 30.9 Å². The van der Waals surface area contributed by atoms with Crippen LogP contribution in [0.4, 0.5) is 0 Å². The molecule has 102 valence electrons. The fourth-order valence-corrected chi connectivity index (χ4v) is 2.13. The summed E-state index contributed by atoms with van der Waals surface area (Å²) in [6.07, 6.45) is 5.52. The molecule has 2 heterocycles. The number of rotatable bonds is 6. The minimum absolute atomic E-state index is 0.135. The molecule has 0 saturated heterocycles. The summed E-state index contributed by atoms with van der Waals surface area (Å²) in [6, 6.07) is 4.09. The lowest BCUT2D eigenvalue weighted by Gasteiger charge is -2.16. The molecule has 19 heavy (non-hydrogen) atoms. The van der Waals surface area contributed by atoms with E-state index in [1.165, 1.54) is 5.69 Å². The Morgan fingerprint density at radius 2 is 2.05 bits per heavy atom. The van der Waals surface area contributed by atoms with Crippen LogP contribution < -0.4 is 5.32 Å². The summed E-state index contributed by atoms with van der Waals surface area (Å²) in [4.78, 5) is 8.72. The van der Waals surface area contributed by atoms with Crippen molar-refractivity contribution in [2.75, 3.05) is 6.54 Å². The molecule has 0 amide bonds. The molecule has 2 aromatic rings. The van der Waals surface area contributed by atoms with Gasteiger partial charge in [0.1, 0.15) is 5.82 Å². The molecule has 2 aromatic heterocycles. The first-order valence-electron chi connectivity index (χ1n) is 6.70. The van der Waals surface area contributed by atoms with Gasteiger partial charge in [-0.05, 0) is 32.0 Å². The molecule has 0 aliphatic heterocycles. The second-order valence-electron chi connectivity index (χ2n) is 4.72. The van der Waals surface area contributed by atoms with Crippen molar-refractivity contribution in [3.8, 4) is 0 Å². The number of nitrogens with zero attached hydrogens (tertiary/aromatic N) is 4. The maximum Gasteiger partial charge on any atom is 0.145 e. The lowest BCUT2D eigenvalue weighted by Crippen LogP contribution is -2.26. The Kier molecular flexibility index (Phi) is 4.63. The van der Waals surface area contributed by atoms with Crippen LogP contribution in [0.2, 0.25) is 0 Å². The number of aromatic nitrogens is 4. The molecule has 1 atom stereocenters. The highest BCUT2D eigenvalue weighted by Crippen LogP contribution is 2.15. The van der Waals surface area contributed by atoms with Crippen LogP contribution >= 0.6 is 0 Å². The second kappa shape index (κ2) is 6.43. The van der Waals surface area contributed by atoms with E-state index in [4.69, 9.17) is 0 Å². The Morgan fingerprint density at radius 3 is 2.63 bits per heavy atom. The third-order valence-corrected chi connectivity index (χ3v) is 3.05. The molecule has 0 aliphatic rings. The van der Waals surface area contributed by atoms with Gasteiger partial charge < -0.3 is 5.32 Å². The van der Waals surface area contributed by atoms with Gasteiger partial charge >= 0.3 is 0 Å². The van der Waals surface area contributed by atoms with Gasteiger partial charge in [-0.25, -0.2) is 9.97 Å². The van der Waals surface area contributed by atoms with E-state index in [-0.39, 0.29) is 6.04 Å². The van der Waals surface area contributed by atoms with Crippen LogP contribution in [-0.4, -0.2) is 26.3 Å². The third kappa shape index (κ3) is 3.61. The Balaban J connectivity index is 2.16. The van der Waals surface area contributed by atoms with Crippen molar-refractivity contribution >= 4 is 0 Å². The van der Waals surface area contributed by atoms with Crippen molar-refractivity contribution < 1.29 is 0 Å². The maximum absolute atomic E-state index is 4.39. The monoisotopic (exact) mass is 259 g/mol. The van der Waals surface area contributed by atoms with Crippen LogP contribution in [0.5, 0.6) is 0 Å². The topological polar surface area (TPSA) is 55.6 Å². The largest absolute Gasteiger partial charge is 0.307 e. The molecule has 0 aromatic carbocycles. The minimum atomic E-state index is 0.135. The van der Waals surface area contributed by atoms with E-state index in [9.17, 15) is 0 Å². The van der Waals surface area contributed by atoms with E-state index in [2.05, 4.69) is 33.4 Å². The lowest BCUT2D eigenvalue weighted by molar-refractivity contribution is 0.490. The molecule has 5 nitrogen and oxygen atoms in total. The van der Waals surface area contributed by atoms with E-state index >= 15 is 0 Å². The molecule has 5 heteroatoms. The second-order valence-corrected chi connectivity index (χ2v) is 4.72. The first-order chi connectivity index (χ1) is 9.20. The van der Waals surface area contributed by atoms with E-state index in [1.54, 1.807) is 12.4 Å². The SMILES string of the molecule is CCCNC(Cc1cc(C)nn1C)c1ncccn1. The zero-order valence-electron chi connectivity index (χ0n) is 11.8. The summed E-state index contributed by atoms with van der Waals surface area (Å²) < 4.78 is 1.93. The van der Waals surface area contributed by atoms with Gasteiger partial charge in [0.25, 0.3) is 0 Å². The molecule has 1 N–H and O–H groups in total. The number of hydrogen-bond acceptors (Lipinski definition) is 4. The third-order valence-electron chi connectivity index (χ3n) is 3.05. The average Bonchev–Trinajstić information content (AvgIpc) is 2.73. The molecule has 0 fully saturated rings. The van der Waals surface area contributed by atoms with E-state index < -0.39 is 0 Å². The summed E-state index contributed by atoms with van der Waals surface area (Å²) in [7, 11) is 1.98. The van der Waals surface area contributed by atoms with Crippen molar-refractivity contribution in [1.29, 1.82) is 0 Å². The molecule has 0 saturated carbocycles. The first kappa shape index (κ1) is 13.7. The summed E-state index contributed by atoms with van der Waals surface area (Å²) in [5.41, 5.74) is 2.24. The van der Waals surface area contributed by atoms with Crippen LogP contribution in [0.25, 0.3) is 0 Å². The molecule has 0 spiro atoms. The highest BCUT2D eigenvalue weighted by atomic mass is 15.3. The molecule has 0 aliphatic carbocycles. The lowest BCUT2D eigenvalue weighted by atomic mass is 10.1. The molecule has 0 radical (unpaired) electrons. The van der Waals surface area contributed by atoms with Gasteiger partial charge in [0.2, 0.25) is 0 Å². The molecule has 0 bridgehead atoms. The van der Waals surface area contributed by atoms with Crippen LogP contribution in [0.15, 0.2) is 24.5 Å². The van der Waals surface area contributed by atoms with Gasteiger partial charge in [0.05, 0.1) is 11.7 Å². The molecule has 1 unspecified atom stereocenters. The number of hydrogen-bond donors (Lipinski definition) is 1. The Morgan fingerprint density at radius 1 is 1.32 bits per heavy atom. The van der Waals surface area contributed by atoms with Gasteiger partial charge in [-0.3, -0.25) is 4.68 Å². The molecule has 2 rings (SSSR count). The van der Waals surface area contributed by atoms with Crippen molar-refractivity contribution in [3.63, 3.8) is 0 Å². The summed E-state index contributed by atoms with van der Waals surface area (Å²) >= 11 is 0. The maximum atomic E-state index is 4.39. The fourth-order valence-electron chi connectivity index (χ4n) is 2.13. The zero-order valence-corrected chi connectivity index (χ0v) is 11.8. The van der Waals surface area contributed by atoms with Crippen molar-refractivity contribution in [3.05, 3.63) is 41.7 Å². The summed E-state index contributed by atoms with van der Waals surface area (Å²) in [5, 5.41) is 7.89.